The molecule has 0 bridgehead atoms. The van der Waals surface area contributed by atoms with Gasteiger partial charge in [-0.15, -0.1) is 0 Å². The first-order valence-electron chi connectivity index (χ1n) is 4.97. The van der Waals surface area contributed by atoms with Gasteiger partial charge in [0.2, 0.25) is 0 Å². The molecule has 1 aliphatic carbocycles. The van der Waals surface area contributed by atoms with Gasteiger partial charge in [0.15, 0.2) is 0 Å². The summed E-state index contributed by atoms with van der Waals surface area (Å²) in [4.78, 5) is 0. The van der Waals surface area contributed by atoms with Gasteiger partial charge in [-0.1, -0.05) is 27.7 Å². The Bertz CT molecular complexity index is 221. The lowest BCUT2D eigenvalue weighted by Crippen LogP contribution is -2.27. The van der Waals surface area contributed by atoms with E-state index in [1.165, 1.54) is 0 Å². The predicted octanol–water partition coefficient (Wildman–Crippen LogP) is 2.17. The molecule has 1 N–H and O–H groups in total. The van der Waals surface area contributed by atoms with E-state index in [9.17, 15) is 0 Å². The van der Waals surface area contributed by atoms with E-state index in [0.29, 0.717) is 16.7 Å². The van der Waals surface area contributed by atoms with Crippen molar-refractivity contribution in [3.05, 3.63) is 0 Å². The Hall–Kier alpha value is -0.550. The maximum absolute atomic E-state index is 8.62. The fourth-order valence-corrected chi connectivity index (χ4v) is 2.18. The molecule has 0 amide bonds. The van der Waals surface area contributed by atoms with Crippen LogP contribution in [-0.4, -0.2) is 12.6 Å². The van der Waals surface area contributed by atoms with Gasteiger partial charge in [0.1, 0.15) is 0 Å². The molecule has 2 nitrogen and oxygen atoms in total. The molecule has 2 heteroatoms. The monoisotopic (exact) mass is 180 g/mol. The van der Waals surface area contributed by atoms with Gasteiger partial charge in [0, 0.05) is 6.54 Å². The second kappa shape index (κ2) is 2.99. The molecule has 1 unspecified atom stereocenters. The van der Waals surface area contributed by atoms with E-state index in [1.807, 2.05) is 6.92 Å². The van der Waals surface area contributed by atoms with Crippen LogP contribution in [0.3, 0.4) is 0 Å². The summed E-state index contributed by atoms with van der Waals surface area (Å²) < 4.78 is 0. The molecule has 1 rings (SSSR count). The Labute approximate surface area is 81.3 Å². The van der Waals surface area contributed by atoms with Gasteiger partial charge in [-0.2, -0.15) is 5.26 Å². The van der Waals surface area contributed by atoms with E-state index < -0.39 is 0 Å². The summed E-state index contributed by atoms with van der Waals surface area (Å²) in [7, 11) is 0. The van der Waals surface area contributed by atoms with E-state index in [1.54, 1.807) is 0 Å². The number of nitrogens with zero attached hydrogens (tertiary/aromatic N) is 1. The number of hydrogen-bond acceptors (Lipinski definition) is 2. The Morgan fingerprint density at radius 3 is 2.08 bits per heavy atom. The molecule has 0 aliphatic heterocycles. The van der Waals surface area contributed by atoms with Crippen LogP contribution in [-0.2, 0) is 0 Å². The normalized spacial score (nSPS) is 26.5. The van der Waals surface area contributed by atoms with Crippen LogP contribution >= 0.6 is 0 Å². The third kappa shape index (κ3) is 1.58. The summed E-state index contributed by atoms with van der Waals surface area (Å²) in [6.07, 6.45) is 0. The van der Waals surface area contributed by atoms with Gasteiger partial charge in [0.25, 0.3) is 0 Å². The van der Waals surface area contributed by atoms with Gasteiger partial charge in [0.05, 0.1) is 12.1 Å². The lowest BCUT2D eigenvalue weighted by molar-refractivity contribution is 0.457. The van der Waals surface area contributed by atoms with Crippen molar-refractivity contribution >= 4 is 0 Å². The van der Waals surface area contributed by atoms with Gasteiger partial charge in [-0.05, 0) is 23.7 Å². The summed E-state index contributed by atoms with van der Waals surface area (Å²) in [6, 6.07) is 2.17. The van der Waals surface area contributed by atoms with Crippen molar-refractivity contribution in [1.82, 2.24) is 5.32 Å². The summed E-state index contributed by atoms with van der Waals surface area (Å²) in [5.74, 6) is 0.704. The average molecular weight is 180 g/mol. The average Bonchev–Trinajstić information content (AvgIpc) is 2.40. The number of nitrogens with one attached hydrogen (secondary N) is 1. The molecular weight excluding hydrogens is 160 g/mol. The predicted molar refractivity (Wildman–Crippen MR) is 54.1 cm³/mol. The Balaban J connectivity index is 2.39. The molecule has 1 fully saturated rings. The van der Waals surface area contributed by atoms with Crippen LogP contribution < -0.4 is 5.32 Å². The minimum Gasteiger partial charge on any atom is -0.302 e. The SMILES string of the molecule is CC(C#N)NCC1C(C)(C)C1(C)C. The zero-order chi connectivity index (χ0) is 10.3. The Morgan fingerprint density at radius 2 is 1.77 bits per heavy atom. The molecule has 1 saturated carbocycles. The van der Waals surface area contributed by atoms with E-state index in [4.69, 9.17) is 5.26 Å². The number of rotatable bonds is 3. The molecule has 0 heterocycles. The zero-order valence-corrected chi connectivity index (χ0v) is 9.31. The Morgan fingerprint density at radius 1 is 1.31 bits per heavy atom. The second-order valence-corrected chi connectivity index (χ2v) is 5.25. The summed E-state index contributed by atoms with van der Waals surface area (Å²) >= 11 is 0. The highest BCUT2D eigenvalue weighted by molar-refractivity contribution is 5.13. The van der Waals surface area contributed by atoms with Crippen molar-refractivity contribution in [2.75, 3.05) is 6.54 Å². The molecule has 0 aromatic heterocycles. The third-order valence-corrected chi connectivity index (χ3v) is 4.14. The molecule has 0 spiro atoms. The van der Waals surface area contributed by atoms with E-state index in [2.05, 4.69) is 39.1 Å². The second-order valence-electron chi connectivity index (χ2n) is 5.25. The van der Waals surface area contributed by atoms with E-state index in [0.717, 1.165) is 6.54 Å². The lowest BCUT2D eigenvalue weighted by Gasteiger charge is -2.06. The first-order chi connectivity index (χ1) is 5.84. The van der Waals surface area contributed by atoms with Crippen molar-refractivity contribution in [2.45, 2.75) is 40.7 Å². The molecule has 0 radical (unpaired) electrons. The van der Waals surface area contributed by atoms with Crippen molar-refractivity contribution < 1.29 is 0 Å². The van der Waals surface area contributed by atoms with Crippen LogP contribution in [0.4, 0.5) is 0 Å². The molecule has 0 saturated heterocycles. The molecule has 74 valence electrons. The molecular formula is C11H20N2. The minimum absolute atomic E-state index is 0.0211. The van der Waals surface area contributed by atoms with Crippen molar-refractivity contribution in [3.8, 4) is 6.07 Å². The molecule has 0 aromatic carbocycles. The highest BCUT2D eigenvalue weighted by atomic mass is 14.9. The topological polar surface area (TPSA) is 35.8 Å². The van der Waals surface area contributed by atoms with Crippen LogP contribution in [0, 0.1) is 28.1 Å². The molecule has 1 aliphatic rings. The van der Waals surface area contributed by atoms with Crippen molar-refractivity contribution in [2.24, 2.45) is 16.7 Å². The van der Waals surface area contributed by atoms with Crippen molar-refractivity contribution in [1.29, 1.82) is 5.26 Å². The maximum Gasteiger partial charge on any atom is 0.0924 e. The summed E-state index contributed by atoms with van der Waals surface area (Å²) in [5.41, 5.74) is 0.852. The first kappa shape index (κ1) is 10.5. The van der Waals surface area contributed by atoms with Gasteiger partial charge in [-0.3, -0.25) is 0 Å². The highest BCUT2D eigenvalue weighted by Crippen LogP contribution is 2.67. The summed E-state index contributed by atoms with van der Waals surface area (Å²) in [6.45, 7) is 12.1. The fraction of sp³-hybridized carbons (Fsp3) is 0.909. The quantitative estimate of drug-likeness (QED) is 0.722. The van der Waals surface area contributed by atoms with Crippen LogP contribution in [0.5, 0.6) is 0 Å². The number of nitriles is 1. The number of hydrogen-bond donors (Lipinski definition) is 1. The fourth-order valence-electron chi connectivity index (χ4n) is 2.18. The molecule has 1 atom stereocenters. The van der Waals surface area contributed by atoms with Crippen LogP contribution in [0.2, 0.25) is 0 Å². The van der Waals surface area contributed by atoms with Gasteiger partial charge >= 0.3 is 0 Å². The zero-order valence-electron chi connectivity index (χ0n) is 9.31. The lowest BCUT2D eigenvalue weighted by atomic mass is 10.0. The van der Waals surface area contributed by atoms with Gasteiger partial charge in [-0.25, -0.2) is 0 Å². The van der Waals surface area contributed by atoms with Crippen LogP contribution in [0.15, 0.2) is 0 Å². The summed E-state index contributed by atoms with van der Waals surface area (Å²) in [5, 5.41) is 11.9. The minimum atomic E-state index is -0.0211. The van der Waals surface area contributed by atoms with Crippen LogP contribution in [0.1, 0.15) is 34.6 Å². The van der Waals surface area contributed by atoms with E-state index >= 15 is 0 Å². The Kier molecular flexibility index (Phi) is 2.42. The smallest absolute Gasteiger partial charge is 0.0924 e. The highest BCUT2D eigenvalue weighted by Gasteiger charge is 2.63. The first-order valence-corrected chi connectivity index (χ1v) is 4.97. The molecule has 13 heavy (non-hydrogen) atoms. The van der Waals surface area contributed by atoms with Gasteiger partial charge < -0.3 is 5.32 Å². The maximum atomic E-state index is 8.62. The van der Waals surface area contributed by atoms with Crippen LogP contribution in [0.25, 0.3) is 0 Å². The third-order valence-electron chi connectivity index (χ3n) is 4.14. The van der Waals surface area contributed by atoms with E-state index in [-0.39, 0.29) is 6.04 Å². The largest absolute Gasteiger partial charge is 0.302 e. The van der Waals surface area contributed by atoms with Crippen molar-refractivity contribution in [3.63, 3.8) is 0 Å². The standard InChI is InChI=1S/C11H20N2/c1-8(6-12)13-7-9-10(2,3)11(9,4)5/h8-9,13H,7H2,1-5H3. The molecule has 0 aromatic rings.